The van der Waals surface area contributed by atoms with Crippen molar-refractivity contribution in [2.45, 2.75) is 44.5 Å². The third-order valence-electron chi connectivity index (χ3n) is 3.25. The maximum atomic E-state index is 10.6. The lowest BCUT2D eigenvalue weighted by atomic mass is 10.2. The standard InChI is InChI=1S/C12H20N4O4/c1-7(18-2)5-10-15-11(16-20-10)9-4-3-8(19-9)6-14-12(13)17/h7-9H,3-6H2,1-2H3,(H3,13,14,17). The second kappa shape index (κ2) is 6.67. The van der Waals surface area contributed by atoms with Crippen LogP contribution in [0.15, 0.2) is 4.52 Å². The molecular weight excluding hydrogens is 264 g/mol. The Balaban J connectivity index is 1.85. The van der Waals surface area contributed by atoms with Gasteiger partial charge in [0.15, 0.2) is 0 Å². The number of primary amides is 1. The first-order valence-electron chi connectivity index (χ1n) is 6.62. The first kappa shape index (κ1) is 14.7. The normalized spacial score (nSPS) is 23.7. The molecule has 0 radical (unpaired) electrons. The van der Waals surface area contributed by atoms with E-state index >= 15 is 0 Å². The van der Waals surface area contributed by atoms with Crippen LogP contribution in [0.2, 0.25) is 0 Å². The van der Waals surface area contributed by atoms with Gasteiger partial charge in [0.05, 0.1) is 18.6 Å². The van der Waals surface area contributed by atoms with Crippen molar-refractivity contribution in [3.63, 3.8) is 0 Å². The fraction of sp³-hybridized carbons (Fsp3) is 0.750. The lowest BCUT2D eigenvalue weighted by Crippen LogP contribution is -2.35. The Morgan fingerprint density at radius 2 is 2.40 bits per heavy atom. The topological polar surface area (TPSA) is 113 Å². The smallest absolute Gasteiger partial charge is 0.312 e. The van der Waals surface area contributed by atoms with Crippen LogP contribution < -0.4 is 11.1 Å². The number of nitrogens with two attached hydrogens (primary N) is 1. The summed E-state index contributed by atoms with van der Waals surface area (Å²) in [4.78, 5) is 15.0. The molecule has 3 atom stereocenters. The third kappa shape index (κ3) is 3.91. The second-order valence-corrected chi connectivity index (χ2v) is 4.87. The van der Waals surface area contributed by atoms with Crippen LogP contribution in [0.25, 0.3) is 0 Å². The number of rotatable bonds is 6. The van der Waals surface area contributed by atoms with Gasteiger partial charge in [-0.2, -0.15) is 4.98 Å². The van der Waals surface area contributed by atoms with E-state index in [1.54, 1.807) is 7.11 Å². The van der Waals surface area contributed by atoms with Crippen LogP contribution in [0.5, 0.6) is 0 Å². The van der Waals surface area contributed by atoms with Crippen LogP contribution >= 0.6 is 0 Å². The number of carbonyl (C=O) groups is 1. The molecule has 0 bridgehead atoms. The SMILES string of the molecule is COC(C)Cc1nc(C2CCC(CNC(N)=O)O2)no1. The summed E-state index contributed by atoms with van der Waals surface area (Å²) >= 11 is 0. The first-order valence-corrected chi connectivity index (χ1v) is 6.62. The van der Waals surface area contributed by atoms with Crippen LogP contribution in [0.1, 0.15) is 37.6 Å². The van der Waals surface area contributed by atoms with Gasteiger partial charge in [-0.3, -0.25) is 0 Å². The zero-order valence-electron chi connectivity index (χ0n) is 11.7. The van der Waals surface area contributed by atoms with Crippen LogP contribution in [0.4, 0.5) is 4.79 Å². The summed E-state index contributed by atoms with van der Waals surface area (Å²) in [5.41, 5.74) is 5.02. The van der Waals surface area contributed by atoms with Gasteiger partial charge >= 0.3 is 6.03 Å². The Kier molecular flexibility index (Phi) is 4.91. The highest BCUT2D eigenvalue weighted by Crippen LogP contribution is 2.30. The van der Waals surface area contributed by atoms with E-state index in [2.05, 4.69) is 15.5 Å². The van der Waals surface area contributed by atoms with Crippen molar-refractivity contribution < 1.29 is 18.8 Å². The number of hydrogen-bond acceptors (Lipinski definition) is 6. The zero-order chi connectivity index (χ0) is 14.5. The van der Waals surface area contributed by atoms with Gasteiger partial charge in [-0.25, -0.2) is 4.79 Å². The summed E-state index contributed by atoms with van der Waals surface area (Å²) in [5.74, 6) is 1.08. The molecule has 3 unspecified atom stereocenters. The Morgan fingerprint density at radius 1 is 1.60 bits per heavy atom. The number of methoxy groups -OCH3 is 1. The van der Waals surface area contributed by atoms with Crippen LogP contribution in [-0.2, 0) is 15.9 Å². The molecule has 3 N–H and O–H groups in total. The van der Waals surface area contributed by atoms with Gasteiger partial charge < -0.3 is 25.0 Å². The third-order valence-corrected chi connectivity index (χ3v) is 3.25. The van der Waals surface area contributed by atoms with E-state index in [4.69, 9.17) is 19.7 Å². The van der Waals surface area contributed by atoms with Gasteiger partial charge in [-0.15, -0.1) is 0 Å². The molecule has 1 aromatic heterocycles. The molecule has 1 aliphatic heterocycles. The quantitative estimate of drug-likeness (QED) is 0.788. The van der Waals surface area contributed by atoms with Gasteiger partial charge in [0, 0.05) is 13.7 Å². The highest BCUT2D eigenvalue weighted by molar-refractivity contribution is 5.71. The predicted molar refractivity (Wildman–Crippen MR) is 68.9 cm³/mol. The van der Waals surface area contributed by atoms with Crippen LogP contribution in [0, 0.1) is 0 Å². The molecule has 1 fully saturated rings. The van der Waals surface area contributed by atoms with Gasteiger partial charge in [-0.1, -0.05) is 5.16 Å². The summed E-state index contributed by atoms with van der Waals surface area (Å²) in [7, 11) is 1.64. The van der Waals surface area contributed by atoms with Gasteiger partial charge in [-0.05, 0) is 19.8 Å². The van der Waals surface area contributed by atoms with E-state index in [0.29, 0.717) is 24.7 Å². The average Bonchev–Trinajstić information content (AvgIpc) is 3.04. The predicted octanol–water partition coefficient (Wildman–Crippen LogP) is 0.535. The maximum Gasteiger partial charge on any atom is 0.312 e. The number of nitrogens with zero attached hydrogens (tertiary/aromatic N) is 2. The first-order chi connectivity index (χ1) is 9.58. The van der Waals surface area contributed by atoms with E-state index in [-0.39, 0.29) is 18.3 Å². The summed E-state index contributed by atoms with van der Waals surface area (Å²) in [6.07, 6.45) is 1.97. The highest BCUT2D eigenvalue weighted by atomic mass is 16.5. The maximum absolute atomic E-state index is 10.6. The van der Waals surface area contributed by atoms with Crippen molar-refractivity contribution >= 4 is 6.03 Å². The number of amides is 2. The number of nitrogens with one attached hydrogen (secondary N) is 1. The molecule has 8 nitrogen and oxygen atoms in total. The van der Waals surface area contributed by atoms with E-state index in [9.17, 15) is 4.79 Å². The van der Waals surface area contributed by atoms with Crippen LogP contribution in [-0.4, -0.2) is 42.0 Å². The Bertz CT molecular complexity index is 450. The van der Waals surface area contributed by atoms with E-state index in [1.165, 1.54) is 0 Å². The summed E-state index contributed by atoms with van der Waals surface area (Å²) in [6.45, 7) is 2.33. The molecule has 0 saturated carbocycles. The number of aromatic nitrogens is 2. The number of carbonyl (C=O) groups excluding carboxylic acids is 1. The number of ether oxygens (including phenoxy) is 2. The summed E-state index contributed by atoms with van der Waals surface area (Å²) < 4.78 is 16.1. The number of hydrogen-bond donors (Lipinski definition) is 2. The molecular formula is C12H20N4O4. The van der Waals surface area contributed by atoms with Crippen molar-refractivity contribution in [3.8, 4) is 0 Å². The highest BCUT2D eigenvalue weighted by Gasteiger charge is 2.30. The fourth-order valence-corrected chi connectivity index (χ4v) is 2.07. The van der Waals surface area contributed by atoms with Gasteiger partial charge in [0.25, 0.3) is 0 Å². The lowest BCUT2D eigenvalue weighted by Gasteiger charge is -2.11. The Labute approximate surface area is 117 Å². The molecule has 0 aromatic carbocycles. The summed E-state index contributed by atoms with van der Waals surface area (Å²) in [5, 5.41) is 6.47. The second-order valence-electron chi connectivity index (χ2n) is 4.87. The van der Waals surface area contributed by atoms with Gasteiger partial charge in [0.1, 0.15) is 6.10 Å². The minimum atomic E-state index is -0.549. The molecule has 20 heavy (non-hydrogen) atoms. The van der Waals surface area contributed by atoms with Crippen LogP contribution in [0.3, 0.4) is 0 Å². The van der Waals surface area contributed by atoms with Crippen molar-refractivity contribution in [2.75, 3.05) is 13.7 Å². The monoisotopic (exact) mass is 284 g/mol. The molecule has 2 heterocycles. The molecule has 0 aliphatic carbocycles. The summed E-state index contributed by atoms with van der Waals surface area (Å²) in [6, 6.07) is -0.549. The zero-order valence-corrected chi connectivity index (χ0v) is 11.7. The van der Waals surface area contributed by atoms with E-state index in [1.807, 2.05) is 6.92 Å². The molecule has 1 saturated heterocycles. The minimum absolute atomic E-state index is 0.0281. The van der Waals surface area contributed by atoms with E-state index in [0.717, 1.165) is 12.8 Å². The molecule has 1 aromatic rings. The van der Waals surface area contributed by atoms with Crippen molar-refractivity contribution in [1.82, 2.24) is 15.5 Å². The minimum Gasteiger partial charge on any atom is -0.381 e. The lowest BCUT2D eigenvalue weighted by molar-refractivity contribution is 0.0402. The molecule has 1 aliphatic rings. The fourth-order valence-electron chi connectivity index (χ4n) is 2.07. The van der Waals surface area contributed by atoms with Gasteiger partial charge in [0.2, 0.25) is 11.7 Å². The van der Waals surface area contributed by atoms with Crippen molar-refractivity contribution in [1.29, 1.82) is 0 Å². The van der Waals surface area contributed by atoms with E-state index < -0.39 is 6.03 Å². The van der Waals surface area contributed by atoms with Crippen molar-refractivity contribution in [2.24, 2.45) is 5.73 Å². The Hall–Kier alpha value is -1.67. The molecule has 8 heteroatoms. The number of urea groups is 1. The largest absolute Gasteiger partial charge is 0.381 e. The Morgan fingerprint density at radius 3 is 3.10 bits per heavy atom. The van der Waals surface area contributed by atoms with Crippen molar-refractivity contribution in [3.05, 3.63) is 11.7 Å². The molecule has 2 rings (SSSR count). The average molecular weight is 284 g/mol. The molecule has 2 amide bonds. The molecule has 112 valence electrons. The molecule has 0 spiro atoms.